The summed E-state index contributed by atoms with van der Waals surface area (Å²) in [5, 5.41) is 12.6. The maximum Gasteiger partial charge on any atom is 0.305 e. The van der Waals surface area contributed by atoms with Gasteiger partial charge in [-0.25, -0.2) is 4.98 Å². The van der Waals surface area contributed by atoms with E-state index in [-0.39, 0.29) is 11.5 Å². The van der Waals surface area contributed by atoms with Gasteiger partial charge in [-0.05, 0) is 6.92 Å². The van der Waals surface area contributed by atoms with Crippen LogP contribution in [0.3, 0.4) is 0 Å². The van der Waals surface area contributed by atoms with Crippen molar-refractivity contribution in [2.24, 2.45) is 0 Å². The van der Waals surface area contributed by atoms with Crippen molar-refractivity contribution in [3.63, 3.8) is 0 Å². The zero-order valence-electron chi connectivity index (χ0n) is 8.37. The fourth-order valence-corrected chi connectivity index (χ4v) is 1.16. The Morgan fingerprint density at radius 2 is 1.94 bits per heavy atom. The molecule has 0 fully saturated rings. The molecule has 2 aromatic heterocycles. The van der Waals surface area contributed by atoms with E-state index in [4.69, 9.17) is 0 Å². The van der Waals surface area contributed by atoms with E-state index in [2.05, 4.69) is 15.1 Å². The van der Waals surface area contributed by atoms with Gasteiger partial charge in [0.15, 0.2) is 0 Å². The summed E-state index contributed by atoms with van der Waals surface area (Å²) < 4.78 is 39.5. The van der Waals surface area contributed by atoms with Crippen LogP contribution in [0.15, 0.2) is 0 Å². The maximum atomic E-state index is 13.2. The summed E-state index contributed by atoms with van der Waals surface area (Å²) in [5.74, 6) is -6.26. The lowest BCUT2D eigenvalue weighted by atomic mass is 10.4. The first kappa shape index (κ1) is 10.7. The maximum absolute atomic E-state index is 13.2. The summed E-state index contributed by atoms with van der Waals surface area (Å²) >= 11 is 0. The Hall–Kier alpha value is -1.86. The molecule has 0 unspecified atom stereocenters. The minimum absolute atomic E-state index is 0.136. The molecular weight excluding hydrogens is 225 g/mol. The summed E-state index contributed by atoms with van der Waals surface area (Å²) in [5.41, 5.74) is -0.136. The van der Waals surface area contributed by atoms with Crippen LogP contribution in [0.2, 0.25) is 0 Å². The van der Waals surface area contributed by atoms with Crippen LogP contribution in [0, 0.1) is 12.7 Å². The third-order valence-corrected chi connectivity index (χ3v) is 1.97. The van der Waals surface area contributed by atoms with Gasteiger partial charge in [0, 0.05) is 6.92 Å². The second-order valence-electron chi connectivity index (χ2n) is 3.37. The molecule has 0 amide bonds. The van der Waals surface area contributed by atoms with Gasteiger partial charge in [-0.15, -0.1) is 5.10 Å². The molecule has 0 radical (unpaired) electrons. The topological polar surface area (TPSA) is 63.3 Å². The molecule has 0 saturated carbocycles. The van der Waals surface area contributed by atoms with Crippen LogP contribution >= 0.6 is 0 Å². The molecule has 16 heavy (non-hydrogen) atoms. The average molecular weight is 232 g/mol. The molecular formula is C8H7F3N4O. The van der Waals surface area contributed by atoms with E-state index in [1.807, 2.05) is 0 Å². The largest absolute Gasteiger partial charge is 0.491 e. The SMILES string of the molecule is Cc1nc2nc(C(C)(F)F)nn2c(O)c1F. The van der Waals surface area contributed by atoms with E-state index in [0.29, 0.717) is 11.4 Å². The number of aryl methyl sites for hydroxylation is 1. The fourth-order valence-electron chi connectivity index (χ4n) is 1.16. The van der Waals surface area contributed by atoms with Crippen LogP contribution in [-0.4, -0.2) is 24.7 Å². The van der Waals surface area contributed by atoms with Crippen molar-refractivity contribution in [1.82, 2.24) is 19.6 Å². The first-order valence-corrected chi connectivity index (χ1v) is 4.31. The number of nitrogens with zero attached hydrogens (tertiary/aromatic N) is 4. The second kappa shape index (κ2) is 3.06. The third-order valence-electron chi connectivity index (χ3n) is 1.97. The number of hydrogen-bond acceptors (Lipinski definition) is 4. The Bertz CT molecular complexity index is 560. The van der Waals surface area contributed by atoms with Crippen LogP contribution in [0.1, 0.15) is 18.4 Å². The Kier molecular flexibility index (Phi) is 2.04. The first-order chi connectivity index (χ1) is 7.30. The van der Waals surface area contributed by atoms with Gasteiger partial charge in [-0.3, -0.25) is 0 Å². The molecule has 0 spiro atoms. The van der Waals surface area contributed by atoms with E-state index in [1.54, 1.807) is 0 Å². The van der Waals surface area contributed by atoms with Crippen molar-refractivity contribution in [2.45, 2.75) is 19.8 Å². The number of hydrogen-bond donors (Lipinski definition) is 1. The number of aromatic hydroxyl groups is 1. The number of alkyl halides is 2. The zero-order valence-corrected chi connectivity index (χ0v) is 8.37. The molecule has 2 aromatic rings. The molecule has 0 aliphatic carbocycles. The fraction of sp³-hybridized carbons (Fsp3) is 0.375. The summed E-state index contributed by atoms with van der Waals surface area (Å²) in [7, 11) is 0. The highest BCUT2D eigenvalue weighted by atomic mass is 19.3. The molecule has 0 aliphatic heterocycles. The molecule has 0 aliphatic rings. The van der Waals surface area contributed by atoms with Crippen LogP contribution < -0.4 is 0 Å². The first-order valence-electron chi connectivity index (χ1n) is 4.31. The number of rotatable bonds is 1. The van der Waals surface area contributed by atoms with Gasteiger partial charge in [0.05, 0.1) is 5.69 Å². The quantitative estimate of drug-likeness (QED) is 0.806. The van der Waals surface area contributed by atoms with Gasteiger partial charge in [0.25, 0.3) is 11.7 Å². The van der Waals surface area contributed by atoms with Crippen LogP contribution in [0.4, 0.5) is 13.2 Å². The van der Waals surface area contributed by atoms with Crippen LogP contribution in [-0.2, 0) is 5.92 Å². The van der Waals surface area contributed by atoms with Crippen molar-refractivity contribution >= 4 is 5.78 Å². The molecule has 0 bridgehead atoms. The second-order valence-corrected chi connectivity index (χ2v) is 3.37. The molecule has 86 valence electrons. The minimum Gasteiger partial charge on any atom is -0.491 e. The van der Waals surface area contributed by atoms with Crippen molar-refractivity contribution in [3.05, 3.63) is 17.3 Å². The third kappa shape index (κ3) is 1.46. The Labute approximate surface area is 87.6 Å². The minimum atomic E-state index is -3.27. The molecule has 0 atom stereocenters. The lowest BCUT2D eigenvalue weighted by molar-refractivity contribution is 0.00792. The van der Waals surface area contributed by atoms with Crippen LogP contribution in [0.5, 0.6) is 5.88 Å². The molecule has 2 rings (SSSR count). The number of halogens is 3. The average Bonchev–Trinajstić information content (AvgIpc) is 2.57. The van der Waals surface area contributed by atoms with Crippen molar-refractivity contribution < 1.29 is 18.3 Å². The molecule has 8 heteroatoms. The summed E-state index contributed by atoms with van der Waals surface area (Å²) in [6.07, 6.45) is 0. The Morgan fingerprint density at radius 3 is 2.50 bits per heavy atom. The van der Waals surface area contributed by atoms with E-state index in [0.717, 1.165) is 0 Å². The Morgan fingerprint density at radius 1 is 1.31 bits per heavy atom. The van der Waals surface area contributed by atoms with Gasteiger partial charge in [0.2, 0.25) is 11.6 Å². The van der Waals surface area contributed by atoms with Gasteiger partial charge < -0.3 is 5.11 Å². The number of aromatic nitrogens is 4. The van der Waals surface area contributed by atoms with E-state index < -0.39 is 23.4 Å². The molecule has 1 N–H and O–H groups in total. The van der Waals surface area contributed by atoms with E-state index in [1.165, 1.54) is 6.92 Å². The van der Waals surface area contributed by atoms with Crippen molar-refractivity contribution in [3.8, 4) is 5.88 Å². The van der Waals surface area contributed by atoms with Crippen molar-refractivity contribution in [2.75, 3.05) is 0 Å². The van der Waals surface area contributed by atoms with E-state index in [9.17, 15) is 18.3 Å². The summed E-state index contributed by atoms with van der Waals surface area (Å²) in [4.78, 5) is 7.00. The zero-order chi connectivity index (χ0) is 12.1. The van der Waals surface area contributed by atoms with Gasteiger partial charge >= 0.3 is 5.92 Å². The molecule has 2 heterocycles. The van der Waals surface area contributed by atoms with Gasteiger partial charge in [-0.2, -0.15) is 22.7 Å². The lowest BCUT2D eigenvalue weighted by Crippen LogP contribution is -2.09. The van der Waals surface area contributed by atoms with Gasteiger partial charge in [-0.1, -0.05) is 0 Å². The smallest absolute Gasteiger partial charge is 0.305 e. The lowest BCUT2D eigenvalue weighted by Gasteiger charge is -2.02. The molecule has 5 nitrogen and oxygen atoms in total. The Balaban J connectivity index is 2.77. The summed E-state index contributed by atoms with van der Waals surface area (Å²) in [6, 6.07) is 0. The normalized spacial score (nSPS) is 12.3. The predicted molar refractivity (Wildman–Crippen MR) is 46.7 cm³/mol. The monoisotopic (exact) mass is 232 g/mol. The molecule has 0 aromatic carbocycles. The highest BCUT2D eigenvalue weighted by molar-refractivity contribution is 5.35. The number of fused-ring (bicyclic) bond motifs is 1. The highest BCUT2D eigenvalue weighted by Crippen LogP contribution is 2.25. The van der Waals surface area contributed by atoms with E-state index >= 15 is 0 Å². The summed E-state index contributed by atoms with van der Waals surface area (Å²) in [6.45, 7) is 1.88. The standard InChI is InChI=1S/C8H7F3N4O/c1-3-4(9)5(16)15-7(12-3)13-6(14-15)8(2,10)11/h16H,1-2H3. The predicted octanol–water partition coefficient (Wildman–Crippen LogP) is 1.39. The van der Waals surface area contributed by atoms with Crippen molar-refractivity contribution in [1.29, 1.82) is 0 Å². The highest BCUT2D eigenvalue weighted by Gasteiger charge is 2.31. The molecule has 0 saturated heterocycles. The van der Waals surface area contributed by atoms with Gasteiger partial charge in [0.1, 0.15) is 0 Å². The van der Waals surface area contributed by atoms with Crippen LogP contribution in [0.25, 0.3) is 5.78 Å².